The first-order chi connectivity index (χ1) is 12.2. The maximum absolute atomic E-state index is 13.1. The first-order valence-corrected chi connectivity index (χ1v) is 8.76. The summed E-state index contributed by atoms with van der Waals surface area (Å²) in [7, 11) is 0. The Kier molecular flexibility index (Phi) is 3.80. The van der Waals surface area contributed by atoms with Gasteiger partial charge in [-0.2, -0.15) is 13.2 Å². The van der Waals surface area contributed by atoms with Crippen molar-refractivity contribution in [3.63, 3.8) is 0 Å². The van der Waals surface area contributed by atoms with Crippen molar-refractivity contribution < 1.29 is 18.3 Å². The van der Waals surface area contributed by atoms with E-state index in [1.54, 1.807) is 0 Å². The predicted molar refractivity (Wildman–Crippen MR) is 90.2 cm³/mol. The minimum atomic E-state index is -4.56. The highest BCUT2D eigenvalue weighted by molar-refractivity contribution is 5.62. The molecule has 2 fully saturated rings. The molecule has 0 radical (unpaired) electrons. The second-order valence-electron chi connectivity index (χ2n) is 7.64. The van der Waals surface area contributed by atoms with Gasteiger partial charge in [0.2, 0.25) is 0 Å². The van der Waals surface area contributed by atoms with Crippen LogP contribution in [0.1, 0.15) is 50.0 Å². The van der Waals surface area contributed by atoms with E-state index in [0.717, 1.165) is 24.7 Å². The number of pyridine rings is 1. The Morgan fingerprint density at radius 2 is 1.92 bits per heavy atom. The number of rotatable bonds is 3. The van der Waals surface area contributed by atoms with Crippen LogP contribution in [0.2, 0.25) is 0 Å². The molecular weight excluding hydrogens is 345 g/mol. The number of imidazole rings is 1. The average Bonchev–Trinajstić information content (AvgIpc) is 2.91. The van der Waals surface area contributed by atoms with E-state index in [0.29, 0.717) is 23.1 Å². The highest BCUT2D eigenvalue weighted by Crippen LogP contribution is 2.61. The largest absolute Gasteiger partial charge is 0.419 e. The molecule has 140 valence electrons. The van der Waals surface area contributed by atoms with E-state index >= 15 is 0 Å². The lowest BCUT2D eigenvalue weighted by atomic mass is 10.1. The maximum atomic E-state index is 13.1. The number of aliphatic hydroxyl groups is 1. The monoisotopic (exact) mass is 366 g/mol. The zero-order chi connectivity index (χ0) is 18.8. The number of aliphatic hydroxyl groups excluding tert-OH is 1. The third-order valence-electron chi connectivity index (χ3n) is 5.49. The molecule has 2 aliphatic rings. The molecule has 0 spiro atoms. The topological polar surface area (TPSA) is 77.0 Å². The molecule has 3 N–H and O–H groups in total. The summed E-state index contributed by atoms with van der Waals surface area (Å²) < 4.78 is 41.4. The Morgan fingerprint density at radius 3 is 2.50 bits per heavy atom. The molecule has 2 saturated carbocycles. The van der Waals surface area contributed by atoms with Gasteiger partial charge in [-0.3, -0.25) is 0 Å². The standard InChI is InChI=1S/C18H21F3N4O/c1-8(2)17-24-14(7-25(17)15-11-4-10(26)5-12(11)15)9-3-13(18(19,20)21)16(22)23-6-9/h3,6-8,10-12,15,26H,4-5H2,1-2H3,(H2,22,23)/t10?,11-,12+,15?. The van der Waals surface area contributed by atoms with E-state index in [1.165, 1.54) is 6.20 Å². The molecule has 4 atom stereocenters. The van der Waals surface area contributed by atoms with Gasteiger partial charge in [0.25, 0.3) is 0 Å². The fourth-order valence-electron chi connectivity index (χ4n) is 4.25. The number of nitrogens with two attached hydrogens (primary N) is 1. The van der Waals surface area contributed by atoms with Gasteiger partial charge in [-0.25, -0.2) is 9.97 Å². The van der Waals surface area contributed by atoms with E-state index in [4.69, 9.17) is 5.73 Å². The fourth-order valence-corrected chi connectivity index (χ4v) is 4.25. The summed E-state index contributed by atoms with van der Waals surface area (Å²) in [6, 6.07) is 1.29. The van der Waals surface area contributed by atoms with Crippen LogP contribution in [0.15, 0.2) is 18.5 Å². The minimum Gasteiger partial charge on any atom is -0.393 e. The van der Waals surface area contributed by atoms with E-state index in [9.17, 15) is 18.3 Å². The maximum Gasteiger partial charge on any atom is 0.419 e. The Morgan fingerprint density at radius 1 is 1.27 bits per heavy atom. The van der Waals surface area contributed by atoms with Crippen molar-refractivity contribution in [3.8, 4) is 11.3 Å². The van der Waals surface area contributed by atoms with Crippen molar-refractivity contribution in [1.29, 1.82) is 0 Å². The van der Waals surface area contributed by atoms with Crippen LogP contribution in [-0.2, 0) is 6.18 Å². The van der Waals surface area contributed by atoms with E-state index < -0.39 is 17.6 Å². The Bertz CT molecular complexity index is 833. The van der Waals surface area contributed by atoms with Crippen LogP contribution in [0.4, 0.5) is 19.0 Å². The Balaban J connectivity index is 1.72. The van der Waals surface area contributed by atoms with Crippen molar-refractivity contribution in [1.82, 2.24) is 14.5 Å². The lowest BCUT2D eigenvalue weighted by Gasteiger charge is -2.13. The van der Waals surface area contributed by atoms with Crippen LogP contribution in [0.25, 0.3) is 11.3 Å². The number of anilines is 1. The van der Waals surface area contributed by atoms with Crippen LogP contribution >= 0.6 is 0 Å². The van der Waals surface area contributed by atoms with Crippen molar-refractivity contribution in [2.75, 3.05) is 5.73 Å². The third-order valence-corrected chi connectivity index (χ3v) is 5.49. The van der Waals surface area contributed by atoms with Gasteiger partial charge in [0.15, 0.2) is 0 Å². The molecule has 2 aromatic heterocycles. The van der Waals surface area contributed by atoms with Gasteiger partial charge in [0, 0.05) is 29.9 Å². The molecule has 0 saturated heterocycles. The molecule has 8 heteroatoms. The van der Waals surface area contributed by atoms with Crippen molar-refractivity contribution >= 4 is 5.82 Å². The second kappa shape index (κ2) is 5.70. The number of fused-ring (bicyclic) bond motifs is 1. The number of hydrogen-bond acceptors (Lipinski definition) is 4. The first-order valence-electron chi connectivity index (χ1n) is 8.76. The number of nitrogens with zero attached hydrogens (tertiary/aromatic N) is 3. The van der Waals surface area contributed by atoms with Gasteiger partial charge in [0.05, 0.1) is 17.4 Å². The summed E-state index contributed by atoms with van der Waals surface area (Å²) in [5.74, 6) is 1.31. The van der Waals surface area contributed by atoms with Gasteiger partial charge < -0.3 is 15.4 Å². The molecule has 0 amide bonds. The van der Waals surface area contributed by atoms with Crippen molar-refractivity contribution in [3.05, 3.63) is 29.8 Å². The summed E-state index contributed by atoms with van der Waals surface area (Å²) in [6.45, 7) is 4.02. The molecule has 2 aromatic rings. The zero-order valence-corrected chi connectivity index (χ0v) is 14.5. The number of nitrogen functional groups attached to an aromatic ring is 1. The molecule has 2 aliphatic carbocycles. The average molecular weight is 366 g/mol. The Hall–Kier alpha value is -2.09. The number of hydrogen-bond donors (Lipinski definition) is 2. The van der Waals surface area contributed by atoms with Crippen LogP contribution in [0.5, 0.6) is 0 Å². The molecular formula is C18H21F3N4O. The fraction of sp³-hybridized carbons (Fsp3) is 0.556. The normalized spacial score (nSPS) is 27.8. The van der Waals surface area contributed by atoms with E-state index in [2.05, 4.69) is 14.5 Å². The summed E-state index contributed by atoms with van der Waals surface area (Å²) in [5.41, 5.74) is 5.22. The lowest BCUT2D eigenvalue weighted by molar-refractivity contribution is -0.137. The lowest BCUT2D eigenvalue weighted by Crippen LogP contribution is -2.11. The molecule has 0 aliphatic heterocycles. The first kappa shape index (κ1) is 17.3. The van der Waals surface area contributed by atoms with E-state index in [1.807, 2.05) is 20.0 Å². The van der Waals surface area contributed by atoms with Crippen molar-refractivity contribution in [2.45, 2.75) is 50.9 Å². The second-order valence-corrected chi connectivity index (χ2v) is 7.64. The van der Waals surface area contributed by atoms with E-state index in [-0.39, 0.29) is 18.1 Å². The molecule has 5 nitrogen and oxygen atoms in total. The van der Waals surface area contributed by atoms with Gasteiger partial charge in [0.1, 0.15) is 11.6 Å². The molecule has 2 unspecified atom stereocenters. The minimum absolute atomic E-state index is 0.138. The number of alkyl halides is 3. The third kappa shape index (κ3) is 2.76. The van der Waals surface area contributed by atoms with Crippen LogP contribution < -0.4 is 5.73 Å². The highest BCUT2D eigenvalue weighted by atomic mass is 19.4. The molecule has 26 heavy (non-hydrogen) atoms. The Labute approximate surface area is 149 Å². The molecule has 4 rings (SSSR count). The smallest absolute Gasteiger partial charge is 0.393 e. The highest BCUT2D eigenvalue weighted by Gasteiger charge is 2.57. The summed E-state index contributed by atoms with van der Waals surface area (Å²) in [6.07, 6.45) is -0.0800. The van der Waals surface area contributed by atoms with Crippen LogP contribution in [0.3, 0.4) is 0 Å². The SMILES string of the molecule is CC(C)c1nc(-c2cnc(N)c(C(F)(F)F)c2)cn1C1[C@H]2CC(O)C[C@@H]12. The predicted octanol–water partition coefficient (Wildman–Crippen LogP) is 3.61. The molecule has 0 bridgehead atoms. The van der Waals surface area contributed by atoms with Gasteiger partial charge in [-0.05, 0) is 30.7 Å². The summed E-state index contributed by atoms with van der Waals surface area (Å²) >= 11 is 0. The summed E-state index contributed by atoms with van der Waals surface area (Å²) in [5, 5.41) is 9.74. The van der Waals surface area contributed by atoms with Gasteiger partial charge in [-0.1, -0.05) is 13.8 Å². The quantitative estimate of drug-likeness (QED) is 0.870. The zero-order valence-electron chi connectivity index (χ0n) is 14.5. The van der Waals surface area contributed by atoms with Gasteiger partial charge >= 0.3 is 6.18 Å². The van der Waals surface area contributed by atoms with Crippen LogP contribution in [0, 0.1) is 11.8 Å². The number of halogens is 3. The van der Waals surface area contributed by atoms with Gasteiger partial charge in [-0.15, -0.1) is 0 Å². The van der Waals surface area contributed by atoms with Crippen LogP contribution in [-0.4, -0.2) is 25.7 Å². The van der Waals surface area contributed by atoms with Crippen molar-refractivity contribution in [2.24, 2.45) is 11.8 Å². The number of aromatic nitrogens is 3. The molecule has 0 aromatic carbocycles. The molecule has 2 heterocycles. The summed E-state index contributed by atoms with van der Waals surface area (Å²) in [4.78, 5) is 8.30.